The molecule has 1 N–H and O–H groups in total. The van der Waals surface area contributed by atoms with Crippen molar-refractivity contribution in [3.8, 4) is 10.6 Å². The van der Waals surface area contributed by atoms with Gasteiger partial charge in [0.15, 0.2) is 0 Å². The van der Waals surface area contributed by atoms with Gasteiger partial charge in [-0.2, -0.15) is 0 Å². The molecule has 0 unspecified atom stereocenters. The van der Waals surface area contributed by atoms with Gasteiger partial charge >= 0.3 is 0 Å². The zero-order valence-corrected chi connectivity index (χ0v) is 15.6. The Hall–Kier alpha value is -2.70. The summed E-state index contributed by atoms with van der Waals surface area (Å²) in [6.07, 6.45) is 1.51. The number of likely N-dealkylation sites (N-methyl/N-ethyl adjacent to an activating group) is 1. The van der Waals surface area contributed by atoms with Gasteiger partial charge in [0, 0.05) is 18.3 Å². The molecular formula is C19H16ClN3O2S. The Bertz CT molecular complexity index is 927. The van der Waals surface area contributed by atoms with E-state index < -0.39 is 0 Å². The number of para-hydroxylation sites is 1. The highest BCUT2D eigenvalue weighted by molar-refractivity contribution is 7.17. The number of carbonyl (C=O) groups excluding carboxylic acids is 2. The van der Waals surface area contributed by atoms with Gasteiger partial charge in [0.05, 0.1) is 17.8 Å². The second-order valence-corrected chi connectivity index (χ2v) is 7.02. The van der Waals surface area contributed by atoms with Crippen molar-refractivity contribution in [1.82, 2.24) is 9.88 Å². The number of benzene rings is 2. The zero-order chi connectivity index (χ0) is 18.5. The average Bonchev–Trinajstić information content (AvgIpc) is 3.12. The lowest BCUT2D eigenvalue weighted by Crippen LogP contribution is -2.34. The van der Waals surface area contributed by atoms with E-state index in [0.29, 0.717) is 20.6 Å². The van der Waals surface area contributed by atoms with Gasteiger partial charge in [0.25, 0.3) is 5.91 Å². The topological polar surface area (TPSA) is 62.3 Å². The largest absolute Gasteiger partial charge is 0.332 e. The summed E-state index contributed by atoms with van der Waals surface area (Å²) in [6.45, 7) is -0.0486. The first-order chi connectivity index (χ1) is 12.5. The van der Waals surface area contributed by atoms with Crippen molar-refractivity contribution in [2.24, 2.45) is 0 Å². The summed E-state index contributed by atoms with van der Waals surface area (Å²) in [7, 11) is 1.59. The van der Waals surface area contributed by atoms with Crippen LogP contribution in [0.25, 0.3) is 10.6 Å². The lowest BCUT2D eigenvalue weighted by atomic mass is 10.2. The maximum atomic E-state index is 12.5. The molecule has 0 fully saturated rings. The summed E-state index contributed by atoms with van der Waals surface area (Å²) in [5, 5.41) is 4.00. The van der Waals surface area contributed by atoms with Crippen LogP contribution in [-0.2, 0) is 4.79 Å². The van der Waals surface area contributed by atoms with Crippen LogP contribution in [-0.4, -0.2) is 35.3 Å². The van der Waals surface area contributed by atoms with Crippen LogP contribution in [0.5, 0.6) is 0 Å². The molecule has 0 atom stereocenters. The maximum Gasteiger partial charge on any atom is 0.265 e. The number of halogens is 1. The van der Waals surface area contributed by atoms with Crippen molar-refractivity contribution >= 4 is 40.4 Å². The highest BCUT2D eigenvalue weighted by atomic mass is 35.5. The second kappa shape index (κ2) is 8.12. The summed E-state index contributed by atoms with van der Waals surface area (Å²) in [5.41, 5.74) is 1.47. The third-order valence-electron chi connectivity index (χ3n) is 3.61. The van der Waals surface area contributed by atoms with E-state index in [2.05, 4.69) is 10.3 Å². The minimum atomic E-state index is -0.261. The summed E-state index contributed by atoms with van der Waals surface area (Å²) in [6, 6.07) is 16.4. The van der Waals surface area contributed by atoms with Crippen LogP contribution in [0.2, 0.25) is 5.02 Å². The monoisotopic (exact) mass is 385 g/mol. The minimum absolute atomic E-state index is 0.0486. The highest BCUT2D eigenvalue weighted by Gasteiger charge is 2.19. The summed E-state index contributed by atoms with van der Waals surface area (Å²) < 4.78 is 0. The standard InChI is InChI=1S/C19H16ClN3O2S/c1-23(12-17(24)22-13-7-3-2-4-8-13)19(25)16-11-21-18(26-16)14-9-5-6-10-15(14)20/h2-11H,12H2,1H3,(H,22,24). The first-order valence-electron chi connectivity index (χ1n) is 7.85. The van der Waals surface area contributed by atoms with Gasteiger partial charge in [-0.3, -0.25) is 9.59 Å². The third-order valence-corrected chi connectivity index (χ3v) is 4.95. The lowest BCUT2D eigenvalue weighted by molar-refractivity contribution is -0.116. The van der Waals surface area contributed by atoms with Crippen LogP contribution >= 0.6 is 22.9 Å². The van der Waals surface area contributed by atoms with Gasteiger partial charge in [-0.25, -0.2) is 4.98 Å². The third kappa shape index (κ3) is 4.28. The fraction of sp³-hybridized carbons (Fsp3) is 0.105. The molecule has 26 heavy (non-hydrogen) atoms. The molecule has 2 amide bonds. The molecular weight excluding hydrogens is 370 g/mol. The first-order valence-corrected chi connectivity index (χ1v) is 9.05. The van der Waals surface area contributed by atoms with Crippen LogP contribution in [0.3, 0.4) is 0 Å². The van der Waals surface area contributed by atoms with Crippen molar-refractivity contribution in [1.29, 1.82) is 0 Å². The predicted molar refractivity (Wildman–Crippen MR) is 105 cm³/mol. The number of anilines is 1. The molecule has 3 aromatic rings. The quantitative estimate of drug-likeness (QED) is 0.716. The smallest absolute Gasteiger partial charge is 0.265 e. The first kappa shape index (κ1) is 18.1. The molecule has 1 aromatic heterocycles. The molecule has 132 valence electrons. The molecule has 0 saturated carbocycles. The van der Waals surface area contributed by atoms with Crippen molar-refractivity contribution in [2.45, 2.75) is 0 Å². The van der Waals surface area contributed by atoms with E-state index in [9.17, 15) is 9.59 Å². The number of aromatic nitrogens is 1. The van der Waals surface area contributed by atoms with E-state index >= 15 is 0 Å². The van der Waals surface area contributed by atoms with Gasteiger partial charge in [-0.05, 0) is 18.2 Å². The fourth-order valence-corrected chi connectivity index (χ4v) is 3.56. The van der Waals surface area contributed by atoms with E-state index in [4.69, 9.17) is 11.6 Å². The predicted octanol–water partition coefficient (Wildman–Crippen LogP) is 4.17. The van der Waals surface area contributed by atoms with Crippen LogP contribution in [0.15, 0.2) is 60.8 Å². The van der Waals surface area contributed by atoms with Crippen LogP contribution in [0.4, 0.5) is 5.69 Å². The Morgan fingerprint density at radius 3 is 2.54 bits per heavy atom. The Balaban J connectivity index is 1.65. The molecule has 0 bridgehead atoms. The normalized spacial score (nSPS) is 10.4. The van der Waals surface area contributed by atoms with Gasteiger partial charge in [0.2, 0.25) is 5.91 Å². The summed E-state index contributed by atoms with van der Waals surface area (Å²) >= 11 is 7.42. The number of nitrogens with zero attached hydrogens (tertiary/aromatic N) is 2. The summed E-state index contributed by atoms with van der Waals surface area (Å²) in [5.74, 6) is -0.521. The molecule has 7 heteroatoms. The number of thiazole rings is 1. The molecule has 3 rings (SSSR count). The number of rotatable bonds is 5. The molecule has 0 aliphatic carbocycles. The number of nitrogens with one attached hydrogen (secondary N) is 1. The average molecular weight is 386 g/mol. The molecule has 2 aromatic carbocycles. The highest BCUT2D eigenvalue weighted by Crippen LogP contribution is 2.31. The van der Waals surface area contributed by atoms with Gasteiger partial charge < -0.3 is 10.2 Å². The number of hydrogen-bond donors (Lipinski definition) is 1. The van der Waals surface area contributed by atoms with E-state index in [1.807, 2.05) is 36.4 Å². The number of carbonyl (C=O) groups is 2. The van der Waals surface area contributed by atoms with Crippen molar-refractivity contribution in [2.75, 3.05) is 18.9 Å². The Labute approximate surface area is 160 Å². The van der Waals surface area contributed by atoms with E-state index in [0.717, 1.165) is 5.56 Å². The van der Waals surface area contributed by atoms with E-state index in [1.165, 1.54) is 22.4 Å². The SMILES string of the molecule is CN(CC(=O)Nc1ccccc1)C(=O)c1cnc(-c2ccccc2Cl)s1. The molecule has 0 spiro atoms. The molecule has 0 saturated heterocycles. The van der Waals surface area contributed by atoms with Crippen molar-refractivity contribution in [3.63, 3.8) is 0 Å². The molecule has 0 aliphatic heterocycles. The van der Waals surface area contributed by atoms with Crippen molar-refractivity contribution in [3.05, 3.63) is 70.7 Å². The Kier molecular flexibility index (Phi) is 5.65. The minimum Gasteiger partial charge on any atom is -0.332 e. The molecule has 0 aliphatic rings. The maximum absolute atomic E-state index is 12.5. The number of hydrogen-bond acceptors (Lipinski definition) is 4. The van der Waals surface area contributed by atoms with E-state index in [1.54, 1.807) is 25.2 Å². The van der Waals surface area contributed by atoms with Crippen molar-refractivity contribution < 1.29 is 9.59 Å². The van der Waals surface area contributed by atoms with Gasteiger partial charge in [-0.1, -0.05) is 48.0 Å². The van der Waals surface area contributed by atoms with Gasteiger partial charge in [-0.15, -0.1) is 11.3 Å². The van der Waals surface area contributed by atoms with E-state index in [-0.39, 0.29) is 18.4 Å². The number of amides is 2. The lowest BCUT2D eigenvalue weighted by Gasteiger charge is -2.15. The molecule has 5 nitrogen and oxygen atoms in total. The Morgan fingerprint density at radius 1 is 1.12 bits per heavy atom. The molecule has 0 radical (unpaired) electrons. The van der Waals surface area contributed by atoms with Crippen LogP contribution in [0.1, 0.15) is 9.67 Å². The zero-order valence-electron chi connectivity index (χ0n) is 14.0. The fourth-order valence-electron chi connectivity index (χ4n) is 2.33. The van der Waals surface area contributed by atoms with Crippen LogP contribution in [0, 0.1) is 0 Å². The van der Waals surface area contributed by atoms with Gasteiger partial charge in [0.1, 0.15) is 9.88 Å². The second-order valence-electron chi connectivity index (χ2n) is 5.58. The van der Waals surface area contributed by atoms with Crippen LogP contribution < -0.4 is 5.32 Å². The Morgan fingerprint density at radius 2 is 1.81 bits per heavy atom. The summed E-state index contributed by atoms with van der Waals surface area (Å²) in [4.78, 5) is 30.7. The molecule has 1 heterocycles.